The van der Waals surface area contributed by atoms with Crippen molar-refractivity contribution in [3.05, 3.63) is 63.6 Å². The normalized spacial score (nSPS) is 14.1. The molecule has 0 radical (unpaired) electrons. The Balaban J connectivity index is 1.78. The van der Waals surface area contributed by atoms with Crippen LogP contribution in [-0.4, -0.2) is 23.0 Å². The van der Waals surface area contributed by atoms with Gasteiger partial charge in [0.15, 0.2) is 0 Å². The third-order valence-electron chi connectivity index (χ3n) is 4.08. The van der Waals surface area contributed by atoms with Crippen LogP contribution in [-0.2, 0) is 6.61 Å². The zero-order valence-corrected chi connectivity index (χ0v) is 15.6. The molecule has 4 heteroatoms. The topological polar surface area (TPSA) is 12.5 Å². The van der Waals surface area contributed by atoms with Crippen molar-refractivity contribution >= 4 is 33.1 Å². The Morgan fingerprint density at radius 1 is 1.13 bits per heavy atom. The average molecular weight is 390 g/mol. The second-order valence-corrected chi connectivity index (χ2v) is 7.22. The predicted octanol–water partition coefficient (Wildman–Crippen LogP) is 5.11. The van der Waals surface area contributed by atoms with E-state index in [1.807, 2.05) is 12.1 Å². The average Bonchev–Trinajstić information content (AvgIpc) is 3.09. The van der Waals surface area contributed by atoms with E-state index in [0.29, 0.717) is 6.61 Å². The zero-order valence-electron chi connectivity index (χ0n) is 13.2. The van der Waals surface area contributed by atoms with Crippen LogP contribution in [0.4, 0.5) is 0 Å². The van der Waals surface area contributed by atoms with Crippen LogP contribution in [0, 0.1) is 6.92 Å². The second-order valence-electron chi connectivity index (χ2n) is 5.91. The molecule has 3 rings (SSSR count). The Labute approximate surface area is 151 Å². The molecule has 0 atom stereocenters. The molecule has 1 heterocycles. The molecule has 2 nitrogen and oxygen atoms in total. The van der Waals surface area contributed by atoms with Crippen LogP contribution >= 0.6 is 28.1 Å². The van der Waals surface area contributed by atoms with Gasteiger partial charge in [-0.05, 0) is 43.5 Å². The zero-order chi connectivity index (χ0) is 16.2. The van der Waals surface area contributed by atoms with E-state index in [0.717, 1.165) is 39.4 Å². The van der Waals surface area contributed by atoms with Crippen molar-refractivity contribution in [2.24, 2.45) is 0 Å². The maximum atomic E-state index is 6.06. The van der Waals surface area contributed by atoms with Crippen LogP contribution in [0.5, 0.6) is 5.75 Å². The highest BCUT2D eigenvalue weighted by Crippen LogP contribution is 2.27. The summed E-state index contributed by atoms with van der Waals surface area (Å²) in [7, 11) is 0. The highest BCUT2D eigenvalue weighted by Gasteiger charge is 2.19. The molecular weight excluding hydrogens is 370 g/mol. The fourth-order valence-electron chi connectivity index (χ4n) is 2.73. The lowest BCUT2D eigenvalue weighted by molar-refractivity contribution is 0.305. The third kappa shape index (κ3) is 4.12. The number of rotatable bonds is 4. The molecule has 0 amide bonds. The summed E-state index contributed by atoms with van der Waals surface area (Å²) in [4.78, 5) is 3.17. The first-order chi connectivity index (χ1) is 11.1. The van der Waals surface area contributed by atoms with Crippen LogP contribution in [0.2, 0.25) is 0 Å². The molecular formula is C19H20BrNOS. The molecule has 1 fully saturated rings. The number of likely N-dealkylation sites (tertiary alicyclic amines) is 1. The molecule has 0 aromatic heterocycles. The van der Waals surface area contributed by atoms with E-state index in [2.05, 4.69) is 58.1 Å². The molecule has 0 unspecified atom stereocenters. The van der Waals surface area contributed by atoms with Crippen molar-refractivity contribution < 1.29 is 4.74 Å². The molecule has 0 spiro atoms. The Kier molecular flexibility index (Phi) is 5.34. The highest BCUT2D eigenvalue weighted by atomic mass is 79.9. The van der Waals surface area contributed by atoms with Gasteiger partial charge in [0.2, 0.25) is 0 Å². The van der Waals surface area contributed by atoms with Gasteiger partial charge < -0.3 is 9.64 Å². The van der Waals surface area contributed by atoms with Gasteiger partial charge >= 0.3 is 0 Å². The standard InChI is InChI=1S/C19H20BrNOS/c1-14-4-6-15(7-5-14)13-22-18-9-8-16(20)12-17(18)19(23)21-10-2-3-11-21/h4-9,12H,2-3,10-11,13H2,1H3. The fraction of sp³-hybridized carbons (Fsp3) is 0.316. The Hall–Kier alpha value is -1.39. The summed E-state index contributed by atoms with van der Waals surface area (Å²) in [6.45, 7) is 4.73. The Morgan fingerprint density at radius 2 is 1.83 bits per heavy atom. The van der Waals surface area contributed by atoms with E-state index in [4.69, 9.17) is 17.0 Å². The Bertz CT molecular complexity index is 693. The molecule has 0 bridgehead atoms. The van der Waals surface area contributed by atoms with Gasteiger partial charge in [-0.1, -0.05) is 58.0 Å². The Morgan fingerprint density at radius 3 is 2.52 bits per heavy atom. The first-order valence-corrected chi connectivity index (χ1v) is 9.11. The van der Waals surface area contributed by atoms with Crippen molar-refractivity contribution in [2.75, 3.05) is 13.1 Å². The summed E-state index contributed by atoms with van der Waals surface area (Å²) >= 11 is 9.24. The molecule has 0 aliphatic carbocycles. The van der Waals surface area contributed by atoms with E-state index >= 15 is 0 Å². The molecule has 0 N–H and O–H groups in total. The summed E-state index contributed by atoms with van der Waals surface area (Å²) in [5.41, 5.74) is 3.42. The number of thiocarbonyl (C=S) groups is 1. The van der Waals surface area contributed by atoms with E-state index < -0.39 is 0 Å². The first-order valence-electron chi connectivity index (χ1n) is 7.90. The summed E-state index contributed by atoms with van der Waals surface area (Å²) in [6, 6.07) is 14.5. The van der Waals surface area contributed by atoms with Gasteiger partial charge in [0.1, 0.15) is 17.3 Å². The minimum absolute atomic E-state index is 0.553. The van der Waals surface area contributed by atoms with Gasteiger partial charge in [0.25, 0.3) is 0 Å². The van der Waals surface area contributed by atoms with Gasteiger partial charge in [-0.25, -0.2) is 0 Å². The summed E-state index contributed by atoms with van der Waals surface area (Å²) < 4.78 is 7.09. The molecule has 2 aromatic rings. The smallest absolute Gasteiger partial charge is 0.130 e. The monoisotopic (exact) mass is 389 g/mol. The maximum absolute atomic E-state index is 6.06. The molecule has 1 aliphatic rings. The number of hydrogen-bond acceptors (Lipinski definition) is 2. The van der Waals surface area contributed by atoms with Crippen molar-refractivity contribution in [3.63, 3.8) is 0 Å². The maximum Gasteiger partial charge on any atom is 0.130 e. The third-order valence-corrected chi connectivity index (χ3v) is 5.05. The van der Waals surface area contributed by atoms with Gasteiger partial charge in [-0.2, -0.15) is 0 Å². The quantitative estimate of drug-likeness (QED) is 0.674. The minimum Gasteiger partial charge on any atom is -0.488 e. The molecule has 0 saturated carbocycles. The number of benzene rings is 2. The van der Waals surface area contributed by atoms with Crippen molar-refractivity contribution in [2.45, 2.75) is 26.4 Å². The van der Waals surface area contributed by atoms with Crippen LogP contribution < -0.4 is 4.74 Å². The van der Waals surface area contributed by atoms with E-state index in [1.54, 1.807) is 0 Å². The number of ether oxygens (including phenoxy) is 1. The minimum atomic E-state index is 0.553. The number of aryl methyl sites for hydroxylation is 1. The summed E-state index contributed by atoms with van der Waals surface area (Å²) in [5.74, 6) is 0.852. The van der Waals surface area contributed by atoms with E-state index in [1.165, 1.54) is 18.4 Å². The van der Waals surface area contributed by atoms with Gasteiger partial charge in [-0.3, -0.25) is 0 Å². The lowest BCUT2D eigenvalue weighted by atomic mass is 10.1. The van der Waals surface area contributed by atoms with Gasteiger partial charge in [-0.15, -0.1) is 0 Å². The lowest BCUT2D eigenvalue weighted by Crippen LogP contribution is -2.27. The van der Waals surface area contributed by atoms with Crippen molar-refractivity contribution in [3.8, 4) is 5.75 Å². The van der Waals surface area contributed by atoms with E-state index in [9.17, 15) is 0 Å². The van der Waals surface area contributed by atoms with E-state index in [-0.39, 0.29) is 0 Å². The molecule has 1 saturated heterocycles. The highest BCUT2D eigenvalue weighted by molar-refractivity contribution is 9.10. The van der Waals surface area contributed by atoms with Crippen LogP contribution in [0.3, 0.4) is 0 Å². The number of hydrogen-bond donors (Lipinski definition) is 0. The first kappa shape index (κ1) is 16.5. The molecule has 2 aromatic carbocycles. The SMILES string of the molecule is Cc1ccc(COc2ccc(Br)cc2C(=S)N2CCCC2)cc1. The van der Waals surface area contributed by atoms with Crippen LogP contribution in [0.1, 0.15) is 29.5 Å². The molecule has 120 valence electrons. The van der Waals surface area contributed by atoms with Gasteiger partial charge in [0, 0.05) is 17.6 Å². The predicted molar refractivity (Wildman–Crippen MR) is 102 cm³/mol. The molecule has 23 heavy (non-hydrogen) atoms. The van der Waals surface area contributed by atoms with Crippen LogP contribution in [0.25, 0.3) is 0 Å². The summed E-state index contributed by atoms with van der Waals surface area (Å²) in [5, 5.41) is 0. The molecule has 1 aliphatic heterocycles. The van der Waals surface area contributed by atoms with Crippen molar-refractivity contribution in [1.29, 1.82) is 0 Å². The number of halogens is 1. The largest absolute Gasteiger partial charge is 0.488 e. The fourth-order valence-corrected chi connectivity index (χ4v) is 3.43. The summed E-state index contributed by atoms with van der Waals surface area (Å²) in [6.07, 6.45) is 2.43. The van der Waals surface area contributed by atoms with Crippen molar-refractivity contribution in [1.82, 2.24) is 4.90 Å². The van der Waals surface area contributed by atoms with Crippen LogP contribution in [0.15, 0.2) is 46.9 Å². The van der Waals surface area contributed by atoms with Gasteiger partial charge in [0.05, 0.1) is 5.56 Å². The lowest BCUT2D eigenvalue weighted by Gasteiger charge is -2.21. The number of nitrogens with zero attached hydrogens (tertiary/aromatic N) is 1. The second kappa shape index (κ2) is 7.45.